The molecule has 0 fully saturated rings. The highest BCUT2D eigenvalue weighted by atomic mass is 16.5. The van der Waals surface area contributed by atoms with Gasteiger partial charge in [-0.05, 0) is 42.8 Å². The van der Waals surface area contributed by atoms with Crippen LogP contribution in [0.4, 0.5) is 0 Å². The molecule has 3 rings (SSSR count). The minimum atomic E-state index is -0.182. The van der Waals surface area contributed by atoms with Gasteiger partial charge in [0.15, 0.2) is 0 Å². The minimum absolute atomic E-state index is 0.0774. The zero-order valence-electron chi connectivity index (χ0n) is 13.6. The molecule has 0 bridgehead atoms. The summed E-state index contributed by atoms with van der Waals surface area (Å²) in [5.41, 5.74) is 3.13. The number of nitrogens with one attached hydrogen (secondary N) is 2. The number of ether oxygens (including phenoxy) is 1. The molecule has 3 aromatic rings. The van der Waals surface area contributed by atoms with Gasteiger partial charge in [0.05, 0.1) is 18.8 Å². The lowest BCUT2D eigenvalue weighted by atomic mass is 10.1. The number of carbonyl (C=O) groups excluding carboxylic acids is 1. The number of hydrogen-bond donors (Lipinski definition) is 2. The molecule has 5 nitrogen and oxygen atoms in total. The van der Waals surface area contributed by atoms with Crippen molar-refractivity contribution in [3.05, 3.63) is 71.9 Å². The Bertz CT molecular complexity index is 810. The highest BCUT2D eigenvalue weighted by molar-refractivity contribution is 5.93. The summed E-state index contributed by atoms with van der Waals surface area (Å²) in [6.45, 7) is 1.95. The van der Waals surface area contributed by atoms with E-state index in [4.69, 9.17) is 4.74 Å². The van der Waals surface area contributed by atoms with Crippen LogP contribution in [0.3, 0.4) is 0 Å². The van der Waals surface area contributed by atoms with Crippen LogP contribution in [-0.2, 0) is 0 Å². The standard InChI is InChI=1S/C19H19N3O2/c1-13(14-6-4-3-5-7-14)20-19(23)18-12-17(21-22-18)15-8-10-16(24-2)11-9-15/h3-13H,1-2H3,(H,20,23)(H,21,22). The van der Waals surface area contributed by atoms with Crippen LogP contribution >= 0.6 is 0 Å². The van der Waals surface area contributed by atoms with Gasteiger partial charge in [0.2, 0.25) is 0 Å². The Morgan fingerprint density at radius 1 is 1.12 bits per heavy atom. The van der Waals surface area contributed by atoms with Gasteiger partial charge in [0.25, 0.3) is 5.91 Å². The topological polar surface area (TPSA) is 67.0 Å². The SMILES string of the molecule is COc1ccc(-c2cc(C(=O)NC(C)c3ccccc3)[nH]n2)cc1. The smallest absolute Gasteiger partial charge is 0.269 e. The molecule has 1 unspecified atom stereocenters. The number of nitrogens with zero attached hydrogens (tertiary/aromatic N) is 1. The molecule has 1 aromatic heterocycles. The molecule has 122 valence electrons. The van der Waals surface area contributed by atoms with Gasteiger partial charge in [-0.15, -0.1) is 0 Å². The average molecular weight is 321 g/mol. The number of benzene rings is 2. The van der Waals surface area contributed by atoms with E-state index in [0.717, 1.165) is 22.6 Å². The number of hydrogen-bond acceptors (Lipinski definition) is 3. The molecule has 0 spiro atoms. The van der Waals surface area contributed by atoms with Crippen LogP contribution in [0.15, 0.2) is 60.7 Å². The molecule has 0 aliphatic heterocycles. The maximum Gasteiger partial charge on any atom is 0.269 e. The Balaban J connectivity index is 1.71. The molecule has 24 heavy (non-hydrogen) atoms. The molecule has 0 saturated carbocycles. The van der Waals surface area contributed by atoms with Crippen LogP contribution in [0.1, 0.15) is 29.0 Å². The summed E-state index contributed by atoms with van der Waals surface area (Å²) in [7, 11) is 1.62. The van der Waals surface area contributed by atoms with Crippen molar-refractivity contribution < 1.29 is 9.53 Å². The molecule has 1 atom stereocenters. The third-order valence-electron chi connectivity index (χ3n) is 3.86. The Morgan fingerprint density at radius 3 is 2.50 bits per heavy atom. The summed E-state index contributed by atoms with van der Waals surface area (Å²) in [4.78, 5) is 12.4. The maximum atomic E-state index is 12.4. The highest BCUT2D eigenvalue weighted by Gasteiger charge is 2.14. The second-order valence-corrected chi connectivity index (χ2v) is 5.50. The van der Waals surface area contributed by atoms with Crippen molar-refractivity contribution in [1.82, 2.24) is 15.5 Å². The van der Waals surface area contributed by atoms with E-state index in [2.05, 4.69) is 15.5 Å². The van der Waals surface area contributed by atoms with Crippen LogP contribution in [0.2, 0.25) is 0 Å². The van der Waals surface area contributed by atoms with Gasteiger partial charge in [0, 0.05) is 5.56 Å². The van der Waals surface area contributed by atoms with Crippen LogP contribution in [0.25, 0.3) is 11.3 Å². The normalized spacial score (nSPS) is 11.8. The van der Waals surface area contributed by atoms with Crippen molar-refractivity contribution in [1.29, 1.82) is 0 Å². The third-order valence-corrected chi connectivity index (χ3v) is 3.86. The van der Waals surface area contributed by atoms with Crippen LogP contribution in [0.5, 0.6) is 5.75 Å². The van der Waals surface area contributed by atoms with Crippen LogP contribution < -0.4 is 10.1 Å². The van der Waals surface area contributed by atoms with E-state index in [0.29, 0.717) is 5.69 Å². The van der Waals surface area contributed by atoms with Crippen molar-refractivity contribution in [3.8, 4) is 17.0 Å². The highest BCUT2D eigenvalue weighted by Crippen LogP contribution is 2.21. The molecule has 0 aliphatic carbocycles. The lowest BCUT2D eigenvalue weighted by Crippen LogP contribution is -2.26. The fraction of sp³-hybridized carbons (Fsp3) is 0.158. The van der Waals surface area contributed by atoms with Crippen molar-refractivity contribution in [2.24, 2.45) is 0 Å². The Hall–Kier alpha value is -3.08. The largest absolute Gasteiger partial charge is 0.497 e. The first-order valence-electron chi connectivity index (χ1n) is 7.73. The molecule has 0 saturated heterocycles. The fourth-order valence-corrected chi connectivity index (χ4v) is 2.45. The molecular weight excluding hydrogens is 302 g/mol. The summed E-state index contributed by atoms with van der Waals surface area (Å²) < 4.78 is 5.14. The number of aromatic amines is 1. The van der Waals surface area contributed by atoms with E-state index in [1.807, 2.05) is 61.5 Å². The van der Waals surface area contributed by atoms with Crippen molar-refractivity contribution in [3.63, 3.8) is 0 Å². The molecule has 0 radical (unpaired) electrons. The van der Waals surface area contributed by atoms with Gasteiger partial charge >= 0.3 is 0 Å². The first-order valence-corrected chi connectivity index (χ1v) is 7.73. The van der Waals surface area contributed by atoms with Crippen LogP contribution in [-0.4, -0.2) is 23.2 Å². The summed E-state index contributed by atoms with van der Waals surface area (Å²) >= 11 is 0. The molecular formula is C19H19N3O2. The summed E-state index contributed by atoms with van der Waals surface area (Å²) in [6.07, 6.45) is 0. The van der Waals surface area contributed by atoms with Crippen molar-refractivity contribution in [2.75, 3.05) is 7.11 Å². The fourth-order valence-electron chi connectivity index (χ4n) is 2.45. The van der Waals surface area contributed by atoms with E-state index in [-0.39, 0.29) is 11.9 Å². The van der Waals surface area contributed by atoms with Gasteiger partial charge in [-0.2, -0.15) is 5.10 Å². The summed E-state index contributed by atoms with van der Waals surface area (Å²) in [6, 6.07) is 19.0. The average Bonchev–Trinajstić information content (AvgIpc) is 3.13. The number of H-pyrrole nitrogens is 1. The molecule has 0 aliphatic rings. The zero-order valence-corrected chi connectivity index (χ0v) is 13.6. The first kappa shape index (κ1) is 15.8. The van der Waals surface area contributed by atoms with E-state index in [9.17, 15) is 4.79 Å². The van der Waals surface area contributed by atoms with E-state index < -0.39 is 0 Å². The molecule has 2 aromatic carbocycles. The maximum absolute atomic E-state index is 12.4. The summed E-state index contributed by atoms with van der Waals surface area (Å²) in [5, 5.41) is 9.98. The van der Waals surface area contributed by atoms with E-state index in [1.54, 1.807) is 13.2 Å². The quantitative estimate of drug-likeness (QED) is 0.755. The Kier molecular flexibility index (Phi) is 4.61. The lowest BCUT2D eigenvalue weighted by molar-refractivity contribution is 0.0935. The van der Waals surface area contributed by atoms with Gasteiger partial charge in [-0.25, -0.2) is 0 Å². The second-order valence-electron chi connectivity index (χ2n) is 5.50. The number of aromatic nitrogens is 2. The molecule has 1 heterocycles. The monoisotopic (exact) mass is 321 g/mol. The predicted octanol–water partition coefficient (Wildman–Crippen LogP) is 3.58. The van der Waals surface area contributed by atoms with E-state index >= 15 is 0 Å². The van der Waals surface area contributed by atoms with Gasteiger partial charge in [0.1, 0.15) is 11.4 Å². The summed E-state index contributed by atoms with van der Waals surface area (Å²) in [5.74, 6) is 0.600. The number of carbonyl (C=O) groups is 1. The number of rotatable bonds is 5. The number of methoxy groups -OCH3 is 1. The third kappa shape index (κ3) is 3.46. The minimum Gasteiger partial charge on any atom is -0.497 e. The van der Waals surface area contributed by atoms with Gasteiger partial charge in [-0.3, -0.25) is 9.89 Å². The van der Waals surface area contributed by atoms with Gasteiger partial charge < -0.3 is 10.1 Å². The molecule has 5 heteroatoms. The van der Waals surface area contributed by atoms with Crippen molar-refractivity contribution >= 4 is 5.91 Å². The first-order chi connectivity index (χ1) is 11.7. The molecule has 1 amide bonds. The van der Waals surface area contributed by atoms with Crippen LogP contribution in [0, 0.1) is 0 Å². The predicted molar refractivity (Wildman–Crippen MR) is 92.9 cm³/mol. The zero-order chi connectivity index (χ0) is 16.9. The second kappa shape index (κ2) is 7.00. The molecule has 2 N–H and O–H groups in total. The van der Waals surface area contributed by atoms with Gasteiger partial charge in [-0.1, -0.05) is 30.3 Å². The lowest BCUT2D eigenvalue weighted by Gasteiger charge is -2.13. The van der Waals surface area contributed by atoms with E-state index in [1.165, 1.54) is 0 Å². The Morgan fingerprint density at radius 2 is 1.83 bits per heavy atom. The number of amides is 1. The Labute approximate surface area is 140 Å². The van der Waals surface area contributed by atoms with Crippen molar-refractivity contribution in [2.45, 2.75) is 13.0 Å².